The van der Waals surface area contributed by atoms with Gasteiger partial charge in [-0.2, -0.15) is 5.10 Å². The first-order valence-electron chi connectivity index (χ1n) is 7.65. The Hall–Kier alpha value is -2.48. The lowest BCUT2D eigenvalue weighted by Crippen LogP contribution is -2.15. The van der Waals surface area contributed by atoms with E-state index in [4.69, 9.17) is 12.2 Å². The van der Waals surface area contributed by atoms with Gasteiger partial charge in [-0.25, -0.2) is 4.98 Å². The molecule has 0 radical (unpaired) electrons. The number of nitrogens with one attached hydrogen (secondary N) is 3. The molecule has 0 atom stereocenters. The van der Waals surface area contributed by atoms with Crippen LogP contribution < -0.4 is 5.32 Å². The molecule has 1 amide bonds. The van der Waals surface area contributed by atoms with E-state index in [1.807, 2.05) is 0 Å². The molecule has 1 aliphatic heterocycles. The summed E-state index contributed by atoms with van der Waals surface area (Å²) in [5.74, 6) is 0.413. The standard InChI is InChI=1S/C15H16N6OS/c22-14(19-10-5-6-18-20-10)11-9-4-2-1-3-7-21(9)13-12(11)16-8-17-15(13)23/h5-6,8H,1-4,7H2,(H,16,17,23)(H2,18,19,20,22). The molecule has 7 nitrogen and oxygen atoms in total. The molecule has 0 saturated carbocycles. The number of nitrogens with zero attached hydrogens (tertiary/aromatic N) is 3. The van der Waals surface area contributed by atoms with Crippen molar-refractivity contribution in [3.8, 4) is 0 Å². The van der Waals surface area contributed by atoms with Gasteiger partial charge in [-0.15, -0.1) is 0 Å². The van der Waals surface area contributed by atoms with E-state index in [0.29, 0.717) is 16.0 Å². The highest BCUT2D eigenvalue weighted by atomic mass is 32.1. The van der Waals surface area contributed by atoms with Crippen LogP contribution in [-0.4, -0.2) is 30.6 Å². The molecule has 4 heterocycles. The third kappa shape index (κ3) is 2.35. The van der Waals surface area contributed by atoms with Crippen molar-refractivity contribution in [2.45, 2.75) is 32.2 Å². The first kappa shape index (κ1) is 14.1. The van der Waals surface area contributed by atoms with Crippen molar-refractivity contribution in [1.29, 1.82) is 0 Å². The molecule has 0 spiro atoms. The lowest BCUT2D eigenvalue weighted by molar-refractivity contribution is 0.102. The molecule has 8 heteroatoms. The normalized spacial score (nSPS) is 14.4. The number of hydrogen-bond acceptors (Lipinski definition) is 4. The SMILES string of the molecule is O=C(Nc1ccn[nH]1)c1c2n(c3c(=S)nc[nH]c13)CCCCC2. The van der Waals surface area contributed by atoms with Gasteiger partial charge in [0.1, 0.15) is 11.3 Å². The van der Waals surface area contributed by atoms with Crippen LogP contribution in [0.3, 0.4) is 0 Å². The average molecular weight is 328 g/mol. The van der Waals surface area contributed by atoms with Crippen molar-refractivity contribution in [3.05, 3.63) is 34.5 Å². The minimum absolute atomic E-state index is 0.160. The Bertz CT molecular complexity index is 923. The molecule has 0 saturated heterocycles. The molecule has 23 heavy (non-hydrogen) atoms. The number of aromatic nitrogens is 5. The van der Waals surface area contributed by atoms with Crippen molar-refractivity contribution >= 4 is 35.0 Å². The summed E-state index contributed by atoms with van der Waals surface area (Å²) in [5.41, 5.74) is 3.31. The molecule has 3 aromatic rings. The Morgan fingerprint density at radius 2 is 2.26 bits per heavy atom. The number of fused-ring (bicyclic) bond motifs is 3. The van der Waals surface area contributed by atoms with Gasteiger partial charge in [0.05, 0.1) is 23.6 Å². The van der Waals surface area contributed by atoms with Crippen LogP contribution in [0.4, 0.5) is 5.82 Å². The molecule has 0 unspecified atom stereocenters. The largest absolute Gasteiger partial charge is 0.344 e. The highest BCUT2D eigenvalue weighted by molar-refractivity contribution is 7.71. The number of aryl methyl sites for hydroxylation is 1. The summed E-state index contributed by atoms with van der Waals surface area (Å²) in [4.78, 5) is 20.1. The van der Waals surface area contributed by atoms with Gasteiger partial charge in [-0.3, -0.25) is 9.89 Å². The number of carbonyl (C=O) groups excluding carboxylic acids is 1. The lowest BCUT2D eigenvalue weighted by atomic mass is 10.1. The van der Waals surface area contributed by atoms with E-state index in [1.165, 1.54) is 0 Å². The number of amides is 1. The van der Waals surface area contributed by atoms with Crippen LogP contribution in [-0.2, 0) is 13.0 Å². The molecule has 0 bridgehead atoms. The molecule has 0 aliphatic carbocycles. The van der Waals surface area contributed by atoms with Crippen LogP contribution in [0.5, 0.6) is 0 Å². The van der Waals surface area contributed by atoms with E-state index in [1.54, 1.807) is 18.6 Å². The first-order valence-corrected chi connectivity index (χ1v) is 8.06. The third-order valence-corrected chi connectivity index (χ3v) is 4.53. The molecule has 0 aromatic carbocycles. The molecule has 0 fully saturated rings. The Kier molecular flexibility index (Phi) is 3.45. The van der Waals surface area contributed by atoms with E-state index < -0.39 is 0 Å². The van der Waals surface area contributed by atoms with Gasteiger partial charge in [-0.05, 0) is 19.3 Å². The second-order valence-electron chi connectivity index (χ2n) is 5.64. The fourth-order valence-electron chi connectivity index (χ4n) is 3.25. The third-order valence-electron chi connectivity index (χ3n) is 4.24. The van der Waals surface area contributed by atoms with Crippen LogP contribution in [0.15, 0.2) is 18.6 Å². The van der Waals surface area contributed by atoms with Gasteiger partial charge in [0.25, 0.3) is 5.91 Å². The average Bonchev–Trinajstić information content (AvgIpc) is 3.07. The van der Waals surface area contributed by atoms with Crippen molar-refractivity contribution in [1.82, 2.24) is 24.7 Å². The minimum Gasteiger partial charge on any atom is -0.344 e. The highest BCUT2D eigenvalue weighted by Gasteiger charge is 2.25. The van der Waals surface area contributed by atoms with Gasteiger partial charge in [0.15, 0.2) is 4.64 Å². The summed E-state index contributed by atoms with van der Waals surface area (Å²) >= 11 is 5.40. The lowest BCUT2D eigenvalue weighted by Gasteiger charge is -2.07. The zero-order chi connectivity index (χ0) is 15.8. The monoisotopic (exact) mass is 328 g/mol. The number of hydrogen-bond donors (Lipinski definition) is 3. The fraction of sp³-hybridized carbons (Fsp3) is 0.333. The van der Waals surface area contributed by atoms with E-state index in [2.05, 4.69) is 30.0 Å². The maximum absolute atomic E-state index is 12.8. The van der Waals surface area contributed by atoms with Crippen molar-refractivity contribution < 1.29 is 4.79 Å². The van der Waals surface area contributed by atoms with Crippen molar-refractivity contribution in [2.24, 2.45) is 0 Å². The molecule has 118 valence electrons. The van der Waals surface area contributed by atoms with E-state index in [0.717, 1.165) is 49.0 Å². The predicted octanol–water partition coefficient (Wildman–Crippen LogP) is 2.80. The summed E-state index contributed by atoms with van der Waals surface area (Å²) in [7, 11) is 0. The predicted molar refractivity (Wildman–Crippen MR) is 89.0 cm³/mol. The Labute approximate surface area is 137 Å². The Morgan fingerprint density at radius 3 is 3.09 bits per heavy atom. The zero-order valence-electron chi connectivity index (χ0n) is 12.4. The van der Waals surface area contributed by atoms with Crippen LogP contribution >= 0.6 is 12.2 Å². The van der Waals surface area contributed by atoms with Crippen molar-refractivity contribution in [2.75, 3.05) is 5.32 Å². The number of carbonyl (C=O) groups is 1. The molecular weight excluding hydrogens is 312 g/mol. The quantitative estimate of drug-likeness (QED) is 0.631. The van der Waals surface area contributed by atoms with Gasteiger partial charge < -0.3 is 14.9 Å². The maximum Gasteiger partial charge on any atom is 0.260 e. The topological polar surface area (TPSA) is 91.4 Å². The summed E-state index contributed by atoms with van der Waals surface area (Å²) in [6.07, 6.45) is 7.33. The Balaban J connectivity index is 1.91. The summed E-state index contributed by atoms with van der Waals surface area (Å²) in [6.45, 7) is 0.867. The fourth-order valence-corrected chi connectivity index (χ4v) is 3.51. The second kappa shape index (κ2) is 5.62. The van der Waals surface area contributed by atoms with E-state index in [9.17, 15) is 4.79 Å². The summed E-state index contributed by atoms with van der Waals surface area (Å²) in [6, 6.07) is 1.72. The van der Waals surface area contributed by atoms with Gasteiger partial charge in [0.2, 0.25) is 0 Å². The van der Waals surface area contributed by atoms with Crippen LogP contribution in [0.25, 0.3) is 11.0 Å². The molecule has 1 aliphatic rings. The van der Waals surface area contributed by atoms with Crippen LogP contribution in [0.2, 0.25) is 0 Å². The number of H-pyrrole nitrogens is 2. The van der Waals surface area contributed by atoms with Gasteiger partial charge in [0, 0.05) is 18.3 Å². The number of aromatic amines is 2. The maximum atomic E-state index is 12.8. The van der Waals surface area contributed by atoms with Crippen LogP contribution in [0, 0.1) is 4.64 Å². The van der Waals surface area contributed by atoms with E-state index in [-0.39, 0.29) is 5.91 Å². The Morgan fingerprint density at radius 1 is 1.35 bits per heavy atom. The number of anilines is 1. The van der Waals surface area contributed by atoms with E-state index >= 15 is 0 Å². The highest BCUT2D eigenvalue weighted by Crippen LogP contribution is 2.29. The second-order valence-corrected chi connectivity index (χ2v) is 6.03. The van der Waals surface area contributed by atoms with Crippen LogP contribution in [0.1, 0.15) is 35.3 Å². The van der Waals surface area contributed by atoms with Crippen molar-refractivity contribution in [3.63, 3.8) is 0 Å². The van der Waals surface area contributed by atoms with Gasteiger partial charge >= 0.3 is 0 Å². The summed E-state index contributed by atoms with van der Waals surface area (Å²) in [5, 5.41) is 9.47. The summed E-state index contributed by atoms with van der Waals surface area (Å²) < 4.78 is 2.69. The zero-order valence-corrected chi connectivity index (χ0v) is 13.2. The first-order chi connectivity index (χ1) is 11.3. The van der Waals surface area contributed by atoms with Gasteiger partial charge in [-0.1, -0.05) is 18.6 Å². The molecular formula is C15H16N6OS. The molecule has 3 N–H and O–H groups in total. The number of rotatable bonds is 2. The molecule has 3 aromatic heterocycles. The minimum atomic E-state index is -0.160. The molecule has 4 rings (SSSR count). The smallest absolute Gasteiger partial charge is 0.260 e.